The van der Waals surface area contributed by atoms with Crippen LogP contribution in [0.2, 0.25) is 5.15 Å². The second-order valence-electron chi connectivity index (χ2n) is 18.8. The summed E-state index contributed by atoms with van der Waals surface area (Å²) in [6.45, 7) is 4.24. The van der Waals surface area contributed by atoms with E-state index in [1.807, 2.05) is 0 Å². The van der Waals surface area contributed by atoms with Crippen molar-refractivity contribution in [2.24, 2.45) is 22.7 Å². The Balaban J connectivity index is 0.000000151. The molecule has 2 saturated heterocycles. The Morgan fingerprint density at radius 1 is 0.672 bits per heavy atom. The van der Waals surface area contributed by atoms with Crippen LogP contribution in [0.1, 0.15) is 83.4 Å². The number of aromatic nitrogens is 4. The van der Waals surface area contributed by atoms with Crippen LogP contribution in [0.3, 0.4) is 0 Å². The Kier molecular flexibility index (Phi) is 15.1. The molecular formula is C50H51ClF6N8S2. The van der Waals surface area contributed by atoms with Gasteiger partial charge in [-0.1, -0.05) is 60.1 Å². The summed E-state index contributed by atoms with van der Waals surface area (Å²) in [6.07, 6.45) is 5.87. The van der Waals surface area contributed by atoms with Crippen molar-refractivity contribution < 1.29 is 26.3 Å². The number of nitrogens with one attached hydrogen (secondary N) is 1. The molecule has 6 aromatic rings. The summed E-state index contributed by atoms with van der Waals surface area (Å²) in [5, 5.41) is 22.5. The summed E-state index contributed by atoms with van der Waals surface area (Å²) in [5.74, 6) is 2.27. The van der Waals surface area contributed by atoms with Crippen molar-refractivity contribution in [3.05, 3.63) is 110 Å². The lowest BCUT2D eigenvalue weighted by atomic mass is 9.83. The Morgan fingerprint density at radius 3 is 1.70 bits per heavy atom. The fourth-order valence-electron chi connectivity index (χ4n) is 10.7. The maximum Gasteiger partial charge on any atom is 0.393 e. The average molecular weight is 978 g/mol. The fourth-order valence-corrected chi connectivity index (χ4v) is 13.0. The van der Waals surface area contributed by atoms with E-state index in [1.165, 1.54) is 94.3 Å². The van der Waals surface area contributed by atoms with Gasteiger partial charge in [0.2, 0.25) is 0 Å². The smallest absolute Gasteiger partial charge is 0.355 e. The van der Waals surface area contributed by atoms with Gasteiger partial charge in [0.05, 0.1) is 43.2 Å². The minimum atomic E-state index is -4.22. The van der Waals surface area contributed by atoms with Crippen molar-refractivity contribution in [3.63, 3.8) is 0 Å². The number of hydrogen-bond acceptors (Lipinski definition) is 10. The lowest BCUT2D eigenvalue weighted by Gasteiger charge is -2.25. The maximum absolute atomic E-state index is 12.9. The molecule has 4 atom stereocenters. The van der Waals surface area contributed by atoms with Gasteiger partial charge in [0.1, 0.15) is 33.3 Å². The van der Waals surface area contributed by atoms with E-state index >= 15 is 0 Å². The summed E-state index contributed by atoms with van der Waals surface area (Å²) in [6, 6.07) is 24.4. The molecule has 4 fully saturated rings. The molecule has 2 aliphatic heterocycles. The second kappa shape index (κ2) is 20.8. The van der Waals surface area contributed by atoms with Crippen LogP contribution in [0, 0.1) is 45.3 Å². The molecule has 2 aliphatic carbocycles. The van der Waals surface area contributed by atoms with Crippen molar-refractivity contribution in [1.29, 1.82) is 10.5 Å². The Labute approximate surface area is 399 Å². The maximum atomic E-state index is 12.9. The van der Waals surface area contributed by atoms with Crippen molar-refractivity contribution in [3.8, 4) is 12.1 Å². The summed E-state index contributed by atoms with van der Waals surface area (Å²) < 4.78 is 74.9. The highest BCUT2D eigenvalue weighted by Gasteiger charge is 2.45. The standard InChI is InChI=1S/C25H25F3N4S.C17H22N2.C8H4ClF3N2S/c26-25(27,28)14-20-12-21-22(30-16-31-23(21)33-20)32-10-8-24(15-32)7-5-19(13-24)11-18-3-1-17(2-4-18)6-9-29;18-9-6-14-1-3-15(4-2-14)11-16-5-7-17(12-16)8-10-19-13-17;9-6-5-1-4(2-8(10,11)12)15-7(5)14-3-13-6/h1-4,12,16,19H,5-8,10-11,13-15H2;1-4,16,19H,5-8,10-13H2;1,3H,2H2. The van der Waals surface area contributed by atoms with Crippen molar-refractivity contribution in [2.45, 2.75) is 102 Å². The lowest BCUT2D eigenvalue weighted by Crippen LogP contribution is -2.26. The Bertz CT molecular complexity index is 2700. The molecular weight excluding hydrogens is 926 g/mol. The zero-order valence-electron chi connectivity index (χ0n) is 36.9. The average Bonchev–Trinajstić information content (AvgIpc) is 4.15. The number of alkyl halides is 6. The first kappa shape index (κ1) is 48.6. The first-order valence-corrected chi connectivity index (χ1v) is 24.7. The van der Waals surface area contributed by atoms with Gasteiger partial charge in [-0.15, -0.1) is 22.7 Å². The summed E-state index contributed by atoms with van der Waals surface area (Å²) in [5.41, 5.74) is 5.84. The van der Waals surface area contributed by atoms with Crippen LogP contribution >= 0.6 is 34.3 Å². The molecule has 2 saturated carbocycles. The van der Waals surface area contributed by atoms with Crippen LogP contribution in [0.25, 0.3) is 20.4 Å². The predicted molar refractivity (Wildman–Crippen MR) is 252 cm³/mol. The van der Waals surface area contributed by atoms with Gasteiger partial charge in [-0.25, -0.2) is 19.9 Å². The molecule has 0 radical (unpaired) electrons. The van der Waals surface area contributed by atoms with E-state index in [0.29, 0.717) is 39.2 Å². The number of fused-ring (bicyclic) bond motifs is 2. The van der Waals surface area contributed by atoms with E-state index in [-0.39, 0.29) is 20.3 Å². The molecule has 1 N–H and O–H groups in total. The molecule has 0 bridgehead atoms. The van der Waals surface area contributed by atoms with Gasteiger partial charge in [0.15, 0.2) is 0 Å². The lowest BCUT2D eigenvalue weighted by molar-refractivity contribution is -0.127. The van der Waals surface area contributed by atoms with Crippen LogP contribution < -0.4 is 10.2 Å². The van der Waals surface area contributed by atoms with Crippen LogP contribution in [-0.4, -0.2) is 58.5 Å². The molecule has 352 valence electrons. The van der Waals surface area contributed by atoms with E-state index in [1.54, 1.807) is 6.07 Å². The molecule has 10 rings (SSSR count). The number of nitrogens with zero attached hydrogens (tertiary/aromatic N) is 7. The Morgan fingerprint density at radius 2 is 1.18 bits per heavy atom. The third-order valence-electron chi connectivity index (χ3n) is 13.8. The molecule has 2 spiro atoms. The Hall–Kier alpha value is -4.87. The minimum Gasteiger partial charge on any atom is -0.355 e. The molecule has 67 heavy (non-hydrogen) atoms. The summed E-state index contributed by atoms with van der Waals surface area (Å²) >= 11 is 7.81. The molecule has 4 aromatic heterocycles. The number of benzene rings is 2. The highest BCUT2D eigenvalue weighted by Crippen LogP contribution is 2.51. The number of thiophene rings is 2. The van der Waals surface area contributed by atoms with Gasteiger partial charge in [-0.3, -0.25) is 0 Å². The zero-order valence-corrected chi connectivity index (χ0v) is 39.3. The molecule has 17 heteroatoms. The van der Waals surface area contributed by atoms with Crippen LogP contribution in [0.4, 0.5) is 32.2 Å². The predicted octanol–water partition coefficient (Wildman–Crippen LogP) is 12.6. The molecule has 4 aliphatic rings. The van der Waals surface area contributed by atoms with Gasteiger partial charge >= 0.3 is 12.4 Å². The van der Waals surface area contributed by atoms with Gasteiger partial charge < -0.3 is 10.2 Å². The summed E-state index contributed by atoms with van der Waals surface area (Å²) in [4.78, 5) is 20.1. The third kappa shape index (κ3) is 12.8. The van der Waals surface area contributed by atoms with Crippen LogP contribution in [0.15, 0.2) is 73.3 Å². The summed E-state index contributed by atoms with van der Waals surface area (Å²) in [7, 11) is 0. The normalized spacial score (nSPS) is 22.5. The SMILES string of the molecule is FC(F)(F)Cc1cc2c(Cl)ncnc2s1.N#CCc1ccc(CC2CCC3(CCN(c4ncnc5sc(CC(F)(F)F)cc45)C3)C2)cc1.N#CCc1ccc(CC2CCC3(CCNC3)C2)cc1. The number of halogens is 7. The van der Waals surface area contributed by atoms with Crippen LogP contribution in [0.5, 0.6) is 0 Å². The topological polar surface area (TPSA) is 114 Å². The van der Waals surface area contributed by atoms with Gasteiger partial charge in [0, 0.05) is 34.8 Å². The quantitative estimate of drug-likeness (QED) is 0.113. The first-order valence-electron chi connectivity index (χ1n) is 22.7. The van der Waals surface area contributed by atoms with Crippen molar-refractivity contribution in [1.82, 2.24) is 25.3 Å². The number of anilines is 1. The number of hydrogen-bond donors (Lipinski definition) is 1. The van der Waals surface area contributed by atoms with Crippen molar-refractivity contribution >= 4 is 60.5 Å². The second-order valence-corrected chi connectivity index (χ2v) is 21.4. The minimum absolute atomic E-state index is 0.185. The molecule has 8 nitrogen and oxygen atoms in total. The van der Waals surface area contributed by atoms with E-state index in [0.717, 1.165) is 76.9 Å². The van der Waals surface area contributed by atoms with Gasteiger partial charge in [0.25, 0.3) is 0 Å². The monoisotopic (exact) mass is 976 g/mol. The number of rotatable bonds is 9. The highest BCUT2D eigenvalue weighted by atomic mass is 35.5. The van der Waals surface area contributed by atoms with Gasteiger partial charge in [-0.2, -0.15) is 36.9 Å². The molecule has 2 aromatic carbocycles. The van der Waals surface area contributed by atoms with E-state index in [2.05, 4.69) is 90.8 Å². The fraction of sp³-hybridized carbons (Fsp3) is 0.480. The van der Waals surface area contributed by atoms with E-state index < -0.39 is 25.2 Å². The van der Waals surface area contributed by atoms with E-state index in [9.17, 15) is 26.3 Å². The molecule has 0 amide bonds. The van der Waals surface area contributed by atoms with Gasteiger partial charge in [-0.05, 0) is 128 Å². The van der Waals surface area contributed by atoms with Crippen molar-refractivity contribution in [2.75, 3.05) is 31.1 Å². The third-order valence-corrected chi connectivity index (χ3v) is 16.2. The molecule has 6 heterocycles. The van der Waals surface area contributed by atoms with E-state index in [4.69, 9.17) is 22.1 Å². The highest BCUT2D eigenvalue weighted by molar-refractivity contribution is 7.19. The first-order chi connectivity index (χ1) is 32.1. The number of nitriles is 2. The zero-order chi connectivity index (χ0) is 47.2. The molecule has 4 unspecified atom stereocenters. The van der Waals surface area contributed by atoms with Crippen LogP contribution in [-0.2, 0) is 38.5 Å². The largest absolute Gasteiger partial charge is 0.393 e.